The average molecular weight is 921 g/mol. The van der Waals surface area contributed by atoms with E-state index < -0.39 is 75.7 Å². The van der Waals surface area contributed by atoms with E-state index in [1.54, 1.807) is 0 Å². The van der Waals surface area contributed by atoms with E-state index in [4.69, 9.17) is 18.5 Å². The van der Waals surface area contributed by atoms with Crippen molar-refractivity contribution in [2.75, 3.05) is 13.2 Å². The lowest BCUT2D eigenvalue weighted by Gasteiger charge is -2.41. The number of esters is 2. The Morgan fingerprint density at radius 2 is 0.810 bits per heavy atom. The predicted octanol–water partition coefficient (Wildman–Crippen LogP) is 10.6. The number of allylic oxidation sites excluding steroid dienone is 2. The van der Waals surface area contributed by atoms with Crippen LogP contribution in [0.5, 0.6) is 0 Å². The van der Waals surface area contributed by atoms with E-state index in [0.717, 1.165) is 57.8 Å². The van der Waals surface area contributed by atoms with Gasteiger partial charge in [0.15, 0.2) is 6.10 Å². The Morgan fingerprint density at radius 1 is 0.476 bits per heavy atom. The SMILES string of the molecule is CCCCCCC/C=C\CCCCCCCC(=O)OC(COC(=O)CCCCCCCCCCCCCCCCCCCCCC)COP(=O)(O)OC1C(O)C(O)C(O)C(O)C1O. The lowest BCUT2D eigenvalue weighted by Crippen LogP contribution is -2.64. The van der Waals surface area contributed by atoms with E-state index in [1.165, 1.54) is 135 Å². The Kier molecular flexibility index (Phi) is 37.6. The molecule has 6 N–H and O–H groups in total. The van der Waals surface area contributed by atoms with Gasteiger partial charge < -0.3 is 39.9 Å². The van der Waals surface area contributed by atoms with Crippen LogP contribution >= 0.6 is 7.82 Å². The van der Waals surface area contributed by atoms with E-state index in [2.05, 4.69) is 26.0 Å². The Bertz CT molecular complexity index is 1160. The molecular formula is C49H93O13P. The molecule has 0 saturated heterocycles. The van der Waals surface area contributed by atoms with Crippen molar-refractivity contribution in [2.45, 2.75) is 275 Å². The summed E-state index contributed by atoms with van der Waals surface area (Å²) < 4.78 is 33.6. The minimum atomic E-state index is -5.12. The maximum absolute atomic E-state index is 12.8. The fourth-order valence-electron chi connectivity index (χ4n) is 7.99. The van der Waals surface area contributed by atoms with Crippen molar-refractivity contribution in [3.63, 3.8) is 0 Å². The van der Waals surface area contributed by atoms with Crippen LogP contribution in [0.3, 0.4) is 0 Å². The molecule has 0 spiro atoms. The van der Waals surface area contributed by atoms with Crippen molar-refractivity contribution in [1.82, 2.24) is 0 Å². The van der Waals surface area contributed by atoms with Gasteiger partial charge in [0.25, 0.3) is 0 Å². The third-order valence-corrected chi connectivity index (χ3v) is 13.1. The third-order valence-electron chi connectivity index (χ3n) is 12.1. The first-order chi connectivity index (χ1) is 30.4. The molecule has 372 valence electrons. The molecule has 1 rings (SSSR count). The summed E-state index contributed by atoms with van der Waals surface area (Å²) >= 11 is 0. The molecule has 1 aliphatic carbocycles. The Labute approximate surface area is 382 Å². The lowest BCUT2D eigenvalue weighted by molar-refractivity contribution is -0.220. The third kappa shape index (κ3) is 32.0. The minimum absolute atomic E-state index is 0.0909. The maximum Gasteiger partial charge on any atom is 0.472 e. The first-order valence-electron chi connectivity index (χ1n) is 25.5. The van der Waals surface area contributed by atoms with Crippen LogP contribution < -0.4 is 0 Å². The summed E-state index contributed by atoms with van der Waals surface area (Å²) in [4.78, 5) is 35.8. The molecule has 1 aliphatic rings. The van der Waals surface area contributed by atoms with Gasteiger partial charge in [0, 0.05) is 12.8 Å². The molecule has 0 aliphatic heterocycles. The Hall–Kier alpha value is -1.41. The van der Waals surface area contributed by atoms with E-state index in [1.807, 2.05) is 0 Å². The van der Waals surface area contributed by atoms with Gasteiger partial charge in [-0.1, -0.05) is 193 Å². The number of hydrogen-bond donors (Lipinski definition) is 6. The second-order valence-electron chi connectivity index (χ2n) is 18.0. The van der Waals surface area contributed by atoms with Gasteiger partial charge >= 0.3 is 19.8 Å². The van der Waals surface area contributed by atoms with Crippen LogP contribution in [-0.2, 0) is 32.7 Å². The molecule has 6 unspecified atom stereocenters. The zero-order chi connectivity index (χ0) is 46.4. The maximum atomic E-state index is 12.8. The Balaban J connectivity index is 2.37. The van der Waals surface area contributed by atoms with Crippen molar-refractivity contribution >= 4 is 19.8 Å². The number of carbonyl (C=O) groups excluding carboxylic acids is 2. The van der Waals surface area contributed by atoms with E-state index in [0.29, 0.717) is 12.8 Å². The van der Waals surface area contributed by atoms with Gasteiger partial charge in [-0.25, -0.2) is 4.57 Å². The van der Waals surface area contributed by atoms with Gasteiger partial charge in [-0.2, -0.15) is 0 Å². The molecule has 0 aromatic heterocycles. The summed E-state index contributed by atoms with van der Waals surface area (Å²) in [6.45, 7) is 3.32. The van der Waals surface area contributed by atoms with Crippen molar-refractivity contribution in [1.29, 1.82) is 0 Å². The molecule has 0 aromatic rings. The highest BCUT2D eigenvalue weighted by Gasteiger charge is 2.51. The number of rotatable bonds is 43. The molecule has 0 radical (unpaired) electrons. The molecular weight excluding hydrogens is 828 g/mol. The van der Waals surface area contributed by atoms with E-state index in [-0.39, 0.29) is 12.8 Å². The molecule has 14 heteroatoms. The normalized spacial score (nSPS) is 21.7. The average Bonchev–Trinajstić information content (AvgIpc) is 3.26. The summed E-state index contributed by atoms with van der Waals surface area (Å²) in [5.41, 5.74) is 0. The number of aliphatic hydroxyl groups is 5. The number of hydrogen-bond acceptors (Lipinski definition) is 12. The standard InChI is InChI=1S/C49H93O13P/c1-3-5-7-9-11-13-15-17-19-20-21-22-23-24-26-27-29-31-33-35-37-42(50)59-39-41(40-60-63(57,58)62-49-47(55)45(53)44(52)46(54)48(49)56)61-43(51)38-36-34-32-30-28-25-18-16-14-12-10-8-6-4-2/h16,18,41,44-49,52-56H,3-15,17,19-40H2,1-2H3,(H,57,58)/b18-16-. The molecule has 13 nitrogen and oxygen atoms in total. The van der Waals surface area contributed by atoms with Crippen LogP contribution in [0.2, 0.25) is 0 Å². The number of aliphatic hydroxyl groups excluding tert-OH is 5. The number of unbranched alkanes of at least 4 members (excludes halogenated alkanes) is 29. The van der Waals surface area contributed by atoms with E-state index in [9.17, 15) is 44.6 Å². The van der Waals surface area contributed by atoms with Crippen LogP contribution in [0.1, 0.15) is 232 Å². The van der Waals surface area contributed by atoms with Crippen LogP contribution in [0.4, 0.5) is 0 Å². The largest absolute Gasteiger partial charge is 0.472 e. The van der Waals surface area contributed by atoms with Crippen LogP contribution in [0, 0.1) is 0 Å². The molecule has 0 bridgehead atoms. The molecule has 1 saturated carbocycles. The summed E-state index contributed by atoms with van der Waals surface area (Å²) in [5, 5.41) is 50.2. The first-order valence-corrected chi connectivity index (χ1v) is 27.0. The van der Waals surface area contributed by atoms with Crippen LogP contribution in [-0.4, -0.2) is 98.3 Å². The smallest absolute Gasteiger partial charge is 0.462 e. The highest BCUT2D eigenvalue weighted by molar-refractivity contribution is 7.47. The van der Waals surface area contributed by atoms with Gasteiger partial charge in [0.1, 0.15) is 43.2 Å². The highest BCUT2D eigenvalue weighted by atomic mass is 31.2. The second kappa shape index (κ2) is 39.7. The van der Waals surface area contributed by atoms with Crippen molar-refractivity contribution < 1.29 is 63.1 Å². The van der Waals surface area contributed by atoms with Crippen molar-refractivity contribution in [3.05, 3.63) is 12.2 Å². The summed E-state index contributed by atoms with van der Waals surface area (Å²) in [6, 6.07) is 0. The quantitative estimate of drug-likeness (QED) is 0.0146. The monoisotopic (exact) mass is 921 g/mol. The van der Waals surface area contributed by atoms with Crippen molar-refractivity contribution in [3.8, 4) is 0 Å². The first kappa shape index (κ1) is 59.6. The highest BCUT2D eigenvalue weighted by Crippen LogP contribution is 2.47. The number of ether oxygens (including phenoxy) is 2. The fourth-order valence-corrected chi connectivity index (χ4v) is 8.96. The van der Waals surface area contributed by atoms with E-state index >= 15 is 0 Å². The zero-order valence-corrected chi connectivity index (χ0v) is 40.5. The second-order valence-corrected chi connectivity index (χ2v) is 19.4. The molecule has 0 amide bonds. The van der Waals surface area contributed by atoms with Gasteiger partial charge in [0.2, 0.25) is 0 Å². The fraction of sp³-hybridized carbons (Fsp3) is 0.918. The molecule has 0 heterocycles. The Morgan fingerprint density at radius 3 is 1.21 bits per heavy atom. The van der Waals surface area contributed by atoms with Gasteiger partial charge in [0.05, 0.1) is 6.61 Å². The topological polar surface area (TPSA) is 210 Å². The number of phosphoric acid groups is 1. The molecule has 1 fully saturated rings. The summed E-state index contributed by atoms with van der Waals surface area (Å²) in [5.74, 6) is -1.10. The summed E-state index contributed by atoms with van der Waals surface area (Å²) in [7, 11) is -5.12. The van der Waals surface area contributed by atoms with Gasteiger partial charge in [-0.3, -0.25) is 18.6 Å². The number of phosphoric ester groups is 1. The number of carbonyl (C=O) groups is 2. The zero-order valence-electron chi connectivity index (χ0n) is 39.6. The molecule has 0 aromatic carbocycles. The molecule has 6 atom stereocenters. The van der Waals surface area contributed by atoms with Crippen LogP contribution in [0.25, 0.3) is 0 Å². The minimum Gasteiger partial charge on any atom is -0.462 e. The predicted molar refractivity (Wildman–Crippen MR) is 249 cm³/mol. The summed E-state index contributed by atoms with van der Waals surface area (Å²) in [6.07, 6.45) is 29.8. The molecule has 63 heavy (non-hydrogen) atoms. The lowest BCUT2D eigenvalue weighted by atomic mass is 9.85. The van der Waals surface area contributed by atoms with Gasteiger partial charge in [-0.05, 0) is 38.5 Å². The van der Waals surface area contributed by atoms with Crippen LogP contribution in [0.15, 0.2) is 12.2 Å². The van der Waals surface area contributed by atoms with Gasteiger partial charge in [-0.15, -0.1) is 0 Å². The van der Waals surface area contributed by atoms with Crippen molar-refractivity contribution in [2.24, 2.45) is 0 Å².